The topological polar surface area (TPSA) is 29.3 Å². The molecule has 1 heterocycles. The lowest BCUT2D eigenvalue weighted by Crippen LogP contribution is -2.42. The fourth-order valence-corrected chi connectivity index (χ4v) is 2.79. The average molecular weight is 232 g/mol. The van der Waals surface area contributed by atoms with E-state index in [4.69, 9.17) is 5.73 Å². The average Bonchev–Trinajstić information content (AvgIpc) is 2.28. The van der Waals surface area contributed by atoms with Gasteiger partial charge < -0.3 is 5.73 Å². The molecule has 0 spiro atoms. The lowest BCUT2D eigenvalue weighted by Gasteiger charge is -2.39. The van der Waals surface area contributed by atoms with Gasteiger partial charge >= 0.3 is 0 Å². The Kier molecular flexibility index (Phi) is 3.72. The van der Waals surface area contributed by atoms with Crippen LogP contribution in [0.1, 0.15) is 44.2 Å². The van der Waals surface area contributed by atoms with E-state index in [2.05, 4.69) is 43.9 Å². The molecule has 1 saturated heterocycles. The Labute approximate surface area is 105 Å². The van der Waals surface area contributed by atoms with Gasteiger partial charge in [0, 0.05) is 24.3 Å². The van der Waals surface area contributed by atoms with E-state index in [1.165, 1.54) is 30.4 Å². The summed E-state index contributed by atoms with van der Waals surface area (Å²) in [7, 11) is 0. The van der Waals surface area contributed by atoms with Crippen LogP contribution in [0.25, 0.3) is 0 Å². The van der Waals surface area contributed by atoms with Gasteiger partial charge in [-0.1, -0.05) is 18.6 Å². The van der Waals surface area contributed by atoms with E-state index in [1.54, 1.807) is 0 Å². The number of likely N-dealkylation sites (tertiary alicyclic amines) is 1. The second-order valence-corrected chi connectivity index (χ2v) is 5.49. The molecule has 1 fully saturated rings. The Morgan fingerprint density at radius 1 is 1.24 bits per heavy atom. The van der Waals surface area contributed by atoms with Crippen molar-refractivity contribution in [2.45, 2.75) is 58.7 Å². The highest BCUT2D eigenvalue weighted by Crippen LogP contribution is 2.25. The normalized spacial score (nSPS) is 26.1. The quantitative estimate of drug-likeness (QED) is 0.792. The molecule has 0 radical (unpaired) electrons. The van der Waals surface area contributed by atoms with Crippen molar-refractivity contribution in [3.05, 3.63) is 29.3 Å². The van der Waals surface area contributed by atoms with Crippen molar-refractivity contribution in [3.8, 4) is 0 Å². The van der Waals surface area contributed by atoms with Crippen LogP contribution in [0.3, 0.4) is 0 Å². The molecule has 0 aliphatic carbocycles. The van der Waals surface area contributed by atoms with E-state index in [0.29, 0.717) is 12.1 Å². The minimum atomic E-state index is 0.696. The summed E-state index contributed by atoms with van der Waals surface area (Å²) in [4.78, 5) is 2.60. The zero-order valence-electron chi connectivity index (χ0n) is 11.2. The van der Waals surface area contributed by atoms with Gasteiger partial charge in [-0.05, 0) is 50.8 Å². The Morgan fingerprint density at radius 2 is 1.88 bits per heavy atom. The van der Waals surface area contributed by atoms with Crippen molar-refractivity contribution in [2.24, 2.45) is 0 Å². The first kappa shape index (κ1) is 12.4. The van der Waals surface area contributed by atoms with Crippen LogP contribution in [0.15, 0.2) is 18.2 Å². The van der Waals surface area contributed by atoms with Crippen molar-refractivity contribution in [1.82, 2.24) is 4.90 Å². The smallest absolute Gasteiger partial charge is 0.0346 e. The minimum Gasteiger partial charge on any atom is -0.399 e. The summed E-state index contributed by atoms with van der Waals surface area (Å²) in [6, 6.07) is 7.86. The van der Waals surface area contributed by atoms with Gasteiger partial charge in [0.15, 0.2) is 0 Å². The first-order valence-electron chi connectivity index (χ1n) is 6.68. The molecule has 2 atom stereocenters. The Morgan fingerprint density at radius 3 is 2.47 bits per heavy atom. The molecule has 94 valence electrons. The predicted molar refractivity (Wildman–Crippen MR) is 73.9 cm³/mol. The van der Waals surface area contributed by atoms with E-state index >= 15 is 0 Å². The lowest BCUT2D eigenvalue weighted by molar-refractivity contribution is 0.0953. The SMILES string of the molecule is Cc1ccc(CN2C(C)CCCC2C)cc1N. The summed E-state index contributed by atoms with van der Waals surface area (Å²) in [6.45, 7) is 7.78. The van der Waals surface area contributed by atoms with Crippen LogP contribution in [0.5, 0.6) is 0 Å². The molecule has 2 rings (SSSR count). The maximum atomic E-state index is 5.98. The van der Waals surface area contributed by atoms with Gasteiger partial charge in [0.05, 0.1) is 0 Å². The number of rotatable bonds is 2. The molecule has 2 unspecified atom stereocenters. The van der Waals surface area contributed by atoms with Crippen LogP contribution in [-0.4, -0.2) is 17.0 Å². The molecule has 0 saturated carbocycles. The molecule has 2 heteroatoms. The van der Waals surface area contributed by atoms with Crippen LogP contribution in [0.4, 0.5) is 5.69 Å². The van der Waals surface area contributed by atoms with Crippen LogP contribution in [0.2, 0.25) is 0 Å². The number of nitrogens with two attached hydrogens (primary N) is 1. The van der Waals surface area contributed by atoms with Crippen molar-refractivity contribution in [2.75, 3.05) is 5.73 Å². The van der Waals surface area contributed by atoms with E-state index in [1.807, 2.05) is 0 Å². The van der Waals surface area contributed by atoms with Gasteiger partial charge in [0.1, 0.15) is 0 Å². The summed E-state index contributed by atoms with van der Waals surface area (Å²) in [6.07, 6.45) is 4.02. The van der Waals surface area contributed by atoms with E-state index in [9.17, 15) is 0 Å². The fraction of sp³-hybridized carbons (Fsp3) is 0.600. The van der Waals surface area contributed by atoms with Crippen molar-refractivity contribution < 1.29 is 0 Å². The summed E-state index contributed by atoms with van der Waals surface area (Å²) in [5, 5.41) is 0. The Balaban J connectivity index is 2.10. The Hall–Kier alpha value is -1.02. The summed E-state index contributed by atoms with van der Waals surface area (Å²) >= 11 is 0. The first-order chi connectivity index (χ1) is 8.08. The number of piperidine rings is 1. The van der Waals surface area contributed by atoms with E-state index in [0.717, 1.165) is 12.2 Å². The third kappa shape index (κ3) is 2.81. The first-order valence-corrected chi connectivity index (χ1v) is 6.68. The third-order valence-corrected chi connectivity index (χ3v) is 4.08. The Bertz CT molecular complexity index is 377. The van der Waals surface area contributed by atoms with Gasteiger partial charge in [0.2, 0.25) is 0 Å². The van der Waals surface area contributed by atoms with E-state index in [-0.39, 0.29) is 0 Å². The number of nitrogen functional groups attached to an aromatic ring is 1. The number of hydrogen-bond acceptors (Lipinski definition) is 2. The number of benzene rings is 1. The maximum absolute atomic E-state index is 5.98. The molecule has 0 amide bonds. The molecule has 2 N–H and O–H groups in total. The van der Waals surface area contributed by atoms with Gasteiger partial charge in [-0.3, -0.25) is 4.90 Å². The highest BCUT2D eigenvalue weighted by molar-refractivity contribution is 5.48. The largest absolute Gasteiger partial charge is 0.399 e. The zero-order valence-corrected chi connectivity index (χ0v) is 11.2. The molecule has 1 aromatic rings. The van der Waals surface area contributed by atoms with Gasteiger partial charge in [-0.15, -0.1) is 0 Å². The molecule has 1 aromatic carbocycles. The second kappa shape index (κ2) is 5.09. The molecule has 17 heavy (non-hydrogen) atoms. The maximum Gasteiger partial charge on any atom is 0.0346 e. The van der Waals surface area contributed by atoms with Gasteiger partial charge in [-0.2, -0.15) is 0 Å². The molecule has 0 bridgehead atoms. The monoisotopic (exact) mass is 232 g/mol. The highest BCUT2D eigenvalue weighted by Gasteiger charge is 2.24. The third-order valence-electron chi connectivity index (χ3n) is 4.08. The zero-order chi connectivity index (χ0) is 12.4. The summed E-state index contributed by atoms with van der Waals surface area (Å²) in [5.41, 5.74) is 9.41. The summed E-state index contributed by atoms with van der Waals surface area (Å²) in [5.74, 6) is 0. The van der Waals surface area contributed by atoms with Crippen molar-refractivity contribution >= 4 is 5.69 Å². The molecule has 0 aromatic heterocycles. The van der Waals surface area contributed by atoms with Crippen LogP contribution in [0, 0.1) is 6.92 Å². The minimum absolute atomic E-state index is 0.696. The van der Waals surface area contributed by atoms with E-state index < -0.39 is 0 Å². The molecular weight excluding hydrogens is 208 g/mol. The van der Waals surface area contributed by atoms with Gasteiger partial charge in [-0.25, -0.2) is 0 Å². The van der Waals surface area contributed by atoms with Gasteiger partial charge in [0.25, 0.3) is 0 Å². The lowest BCUT2D eigenvalue weighted by atomic mass is 9.96. The van der Waals surface area contributed by atoms with Crippen molar-refractivity contribution in [3.63, 3.8) is 0 Å². The summed E-state index contributed by atoms with van der Waals surface area (Å²) < 4.78 is 0. The molecular formula is C15H24N2. The van der Waals surface area contributed by atoms with Crippen LogP contribution >= 0.6 is 0 Å². The number of aryl methyl sites for hydroxylation is 1. The van der Waals surface area contributed by atoms with Crippen LogP contribution in [-0.2, 0) is 6.54 Å². The predicted octanol–water partition coefficient (Wildman–Crippen LogP) is 3.34. The highest BCUT2D eigenvalue weighted by atomic mass is 15.2. The van der Waals surface area contributed by atoms with Crippen LogP contribution < -0.4 is 5.73 Å². The number of hydrogen-bond donors (Lipinski definition) is 1. The standard InChI is InChI=1S/C15H24N2/c1-11-7-8-14(9-15(11)16)10-17-12(2)5-4-6-13(17)3/h7-9,12-13H,4-6,10,16H2,1-3H3. The fourth-order valence-electron chi connectivity index (χ4n) is 2.79. The molecule has 1 aliphatic rings. The second-order valence-electron chi connectivity index (χ2n) is 5.49. The molecule has 2 nitrogen and oxygen atoms in total. The number of anilines is 1. The number of nitrogens with zero attached hydrogens (tertiary/aromatic N) is 1. The molecule has 1 aliphatic heterocycles. The van der Waals surface area contributed by atoms with Crippen molar-refractivity contribution in [1.29, 1.82) is 0 Å².